The van der Waals surface area contributed by atoms with Gasteiger partial charge in [0.15, 0.2) is 8.32 Å². The van der Waals surface area contributed by atoms with E-state index in [1.807, 2.05) is 0 Å². The monoisotopic (exact) mass is 261 g/mol. The van der Waals surface area contributed by atoms with Crippen molar-refractivity contribution in [2.24, 2.45) is 0 Å². The molecular formula is C12H27NO3Si. The number of morpholine rings is 1. The second kappa shape index (κ2) is 5.80. The first-order chi connectivity index (χ1) is 7.76. The van der Waals surface area contributed by atoms with Gasteiger partial charge in [0, 0.05) is 6.54 Å². The summed E-state index contributed by atoms with van der Waals surface area (Å²) in [6.45, 7) is 13.4. The van der Waals surface area contributed by atoms with Crippen LogP contribution in [0.15, 0.2) is 0 Å². The third-order valence-corrected chi connectivity index (χ3v) is 8.32. The zero-order chi connectivity index (χ0) is 13.1. The van der Waals surface area contributed by atoms with Gasteiger partial charge in [-0.25, -0.2) is 0 Å². The lowest BCUT2D eigenvalue weighted by molar-refractivity contribution is -0.0332. The summed E-state index contributed by atoms with van der Waals surface area (Å²) in [5.74, 6) is 0. The maximum Gasteiger partial charge on any atom is 0.192 e. The molecule has 0 spiro atoms. The Morgan fingerprint density at radius 1 is 1.41 bits per heavy atom. The fraction of sp³-hybridized carbons (Fsp3) is 1.00. The van der Waals surface area contributed by atoms with Crippen LogP contribution in [0, 0.1) is 0 Å². The molecule has 4 nitrogen and oxygen atoms in total. The maximum absolute atomic E-state index is 8.95. The highest BCUT2D eigenvalue weighted by atomic mass is 28.4. The van der Waals surface area contributed by atoms with Gasteiger partial charge in [-0.15, -0.1) is 0 Å². The van der Waals surface area contributed by atoms with Crippen LogP contribution in [0.5, 0.6) is 0 Å². The predicted octanol–water partition coefficient (Wildman–Crippen LogP) is 1.36. The third kappa shape index (κ3) is 4.33. The van der Waals surface area contributed by atoms with Crippen molar-refractivity contribution in [2.45, 2.75) is 51.0 Å². The molecule has 1 aliphatic rings. The highest BCUT2D eigenvalue weighted by molar-refractivity contribution is 6.74. The van der Waals surface area contributed by atoms with Crippen LogP contribution >= 0.6 is 0 Å². The number of nitrogens with one attached hydrogen (secondary N) is 1. The van der Waals surface area contributed by atoms with Crippen molar-refractivity contribution in [3.8, 4) is 0 Å². The first-order valence-electron chi connectivity index (χ1n) is 6.36. The molecule has 0 radical (unpaired) electrons. The molecule has 5 heteroatoms. The van der Waals surface area contributed by atoms with E-state index >= 15 is 0 Å². The zero-order valence-corrected chi connectivity index (χ0v) is 12.7. The van der Waals surface area contributed by atoms with E-state index in [-0.39, 0.29) is 23.8 Å². The second-order valence-electron chi connectivity index (χ2n) is 6.31. The van der Waals surface area contributed by atoms with E-state index in [2.05, 4.69) is 39.2 Å². The van der Waals surface area contributed by atoms with Gasteiger partial charge in [-0.2, -0.15) is 0 Å². The SMILES string of the molecule is CC(C)(C)[Si](C)(C)OCC1COC(CO)CN1. The smallest absolute Gasteiger partial charge is 0.192 e. The summed E-state index contributed by atoms with van der Waals surface area (Å²) in [4.78, 5) is 0. The van der Waals surface area contributed by atoms with Gasteiger partial charge in [-0.3, -0.25) is 0 Å². The Bertz CT molecular complexity index is 232. The summed E-state index contributed by atoms with van der Waals surface area (Å²) in [6, 6.07) is 0.256. The molecule has 1 saturated heterocycles. The van der Waals surface area contributed by atoms with Crippen molar-refractivity contribution in [3.05, 3.63) is 0 Å². The third-order valence-electron chi connectivity index (χ3n) is 3.82. The van der Waals surface area contributed by atoms with Crippen LogP contribution in [-0.2, 0) is 9.16 Å². The van der Waals surface area contributed by atoms with Crippen molar-refractivity contribution in [1.82, 2.24) is 5.32 Å². The fourth-order valence-corrected chi connectivity index (χ4v) is 2.47. The summed E-state index contributed by atoms with van der Waals surface area (Å²) in [5, 5.41) is 12.6. The van der Waals surface area contributed by atoms with Gasteiger partial charge in [0.2, 0.25) is 0 Å². The molecule has 0 amide bonds. The van der Waals surface area contributed by atoms with Gasteiger partial charge in [-0.1, -0.05) is 20.8 Å². The highest BCUT2D eigenvalue weighted by Crippen LogP contribution is 2.36. The van der Waals surface area contributed by atoms with Gasteiger partial charge in [-0.05, 0) is 18.1 Å². The minimum absolute atomic E-state index is 0.0564. The summed E-state index contributed by atoms with van der Waals surface area (Å²) in [7, 11) is -1.66. The van der Waals surface area contributed by atoms with Gasteiger partial charge >= 0.3 is 0 Å². The molecule has 17 heavy (non-hydrogen) atoms. The number of hydrogen-bond donors (Lipinski definition) is 2. The molecule has 0 aromatic heterocycles. The first-order valence-corrected chi connectivity index (χ1v) is 9.27. The molecule has 0 bridgehead atoms. The minimum atomic E-state index is -1.66. The zero-order valence-electron chi connectivity index (χ0n) is 11.7. The average molecular weight is 261 g/mol. The second-order valence-corrected chi connectivity index (χ2v) is 11.1. The normalized spacial score (nSPS) is 27.2. The number of hydrogen-bond acceptors (Lipinski definition) is 4. The summed E-state index contributed by atoms with van der Waals surface area (Å²) in [6.07, 6.45) is -0.0564. The largest absolute Gasteiger partial charge is 0.415 e. The van der Waals surface area contributed by atoms with Crippen LogP contribution in [0.1, 0.15) is 20.8 Å². The summed E-state index contributed by atoms with van der Waals surface area (Å²) >= 11 is 0. The lowest BCUT2D eigenvalue weighted by Crippen LogP contribution is -2.52. The predicted molar refractivity (Wildman–Crippen MR) is 71.8 cm³/mol. The Kier molecular flexibility index (Phi) is 5.16. The van der Waals surface area contributed by atoms with Crippen molar-refractivity contribution in [2.75, 3.05) is 26.4 Å². The number of rotatable bonds is 4. The Balaban J connectivity index is 2.33. The maximum atomic E-state index is 8.95. The van der Waals surface area contributed by atoms with Crippen LogP contribution in [0.3, 0.4) is 0 Å². The van der Waals surface area contributed by atoms with E-state index in [1.54, 1.807) is 0 Å². The number of ether oxygens (including phenoxy) is 1. The summed E-state index contributed by atoms with van der Waals surface area (Å²) < 4.78 is 11.6. The molecule has 102 valence electrons. The highest BCUT2D eigenvalue weighted by Gasteiger charge is 2.37. The number of aliphatic hydroxyl groups is 1. The molecular weight excluding hydrogens is 234 g/mol. The van der Waals surface area contributed by atoms with Gasteiger partial charge in [0.1, 0.15) is 0 Å². The molecule has 1 heterocycles. The molecule has 1 fully saturated rings. The van der Waals surface area contributed by atoms with Crippen LogP contribution < -0.4 is 5.32 Å². The Hall–Kier alpha value is 0.0569. The molecule has 2 N–H and O–H groups in total. The topological polar surface area (TPSA) is 50.7 Å². The molecule has 2 unspecified atom stereocenters. The number of aliphatic hydroxyl groups excluding tert-OH is 1. The van der Waals surface area contributed by atoms with Crippen molar-refractivity contribution in [3.63, 3.8) is 0 Å². The average Bonchev–Trinajstić information content (AvgIpc) is 2.25. The van der Waals surface area contributed by atoms with E-state index in [0.29, 0.717) is 19.8 Å². The van der Waals surface area contributed by atoms with E-state index in [0.717, 1.165) is 0 Å². The lowest BCUT2D eigenvalue weighted by Gasteiger charge is -2.38. The molecule has 1 aliphatic heterocycles. The van der Waals surface area contributed by atoms with Crippen LogP contribution in [-0.4, -0.2) is 51.9 Å². The van der Waals surface area contributed by atoms with Gasteiger partial charge in [0.05, 0.1) is 32.0 Å². The molecule has 0 saturated carbocycles. The Morgan fingerprint density at radius 3 is 2.47 bits per heavy atom. The van der Waals surface area contributed by atoms with E-state index in [1.165, 1.54) is 0 Å². The molecule has 0 aromatic rings. The molecule has 0 aliphatic carbocycles. The van der Waals surface area contributed by atoms with Gasteiger partial charge in [0.25, 0.3) is 0 Å². The Morgan fingerprint density at radius 2 is 2.06 bits per heavy atom. The minimum Gasteiger partial charge on any atom is -0.415 e. The molecule has 2 atom stereocenters. The van der Waals surface area contributed by atoms with Crippen LogP contribution in [0.2, 0.25) is 18.1 Å². The molecule has 1 rings (SSSR count). The molecule has 0 aromatic carbocycles. The van der Waals surface area contributed by atoms with E-state index < -0.39 is 8.32 Å². The Labute approximate surface area is 106 Å². The van der Waals surface area contributed by atoms with E-state index in [9.17, 15) is 0 Å². The van der Waals surface area contributed by atoms with Crippen molar-refractivity contribution < 1.29 is 14.3 Å². The standard InChI is InChI=1S/C12H27NO3Si/c1-12(2,3)17(4,5)16-9-10-8-15-11(7-14)6-13-10/h10-11,13-14H,6-9H2,1-5H3. The van der Waals surface area contributed by atoms with Gasteiger partial charge < -0.3 is 19.6 Å². The lowest BCUT2D eigenvalue weighted by atomic mass is 10.2. The van der Waals surface area contributed by atoms with Crippen LogP contribution in [0.4, 0.5) is 0 Å². The quantitative estimate of drug-likeness (QED) is 0.750. The summed E-state index contributed by atoms with van der Waals surface area (Å²) in [5.41, 5.74) is 0. The van der Waals surface area contributed by atoms with Crippen molar-refractivity contribution in [1.29, 1.82) is 0 Å². The van der Waals surface area contributed by atoms with E-state index in [4.69, 9.17) is 14.3 Å². The van der Waals surface area contributed by atoms with Crippen LogP contribution in [0.25, 0.3) is 0 Å². The first kappa shape index (κ1) is 15.1. The fourth-order valence-electron chi connectivity index (χ4n) is 1.42. The van der Waals surface area contributed by atoms with Crippen molar-refractivity contribution >= 4 is 8.32 Å².